The lowest BCUT2D eigenvalue weighted by Gasteiger charge is -2.38. The smallest absolute Gasteiger partial charge is 0.411 e. The number of hydroxylamine groups is 2. The van der Waals surface area contributed by atoms with Crippen LogP contribution < -0.4 is 0 Å². The van der Waals surface area contributed by atoms with Crippen molar-refractivity contribution < 1.29 is 23.6 Å². The molecule has 0 saturated carbocycles. The Morgan fingerprint density at radius 1 is 1.08 bits per heavy atom. The topological polar surface area (TPSA) is 68.3 Å². The fourth-order valence-electron chi connectivity index (χ4n) is 1.70. The lowest BCUT2D eigenvalue weighted by atomic mass is 10.2. The molecule has 154 valence electrons. The third kappa shape index (κ3) is 8.05. The van der Waals surface area contributed by atoms with Crippen molar-refractivity contribution >= 4 is 20.3 Å². The van der Waals surface area contributed by atoms with E-state index in [9.17, 15) is 9.59 Å². The van der Waals surface area contributed by atoms with E-state index in [0.29, 0.717) is 6.61 Å². The number of nitrogens with zero attached hydrogens (tertiary/aromatic N) is 2. The van der Waals surface area contributed by atoms with Gasteiger partial charge in [-0.25, -0.2) is 9.86 Å². The summed E-state index contributed by atoms with van der Waals surface area (Å²) >= 11 is 0. The van der Waals surface area contributed by atoms with E-state index in [-0.39, 0.29) is 23.5 Å². The van der Waals surface area contributed by atoms with Gasteiger partial charge in [-0.1, -0.05) is 20.8 Å². The van der Waals surface area contributed by atoms with Gasteiger partial charge in [0.25, 0.3) is 5.91 Å². The molecule has 0 rings (SSSR count). The van der Waals surface area contributed by atoms with Crippen LogP contribution >= 0.6 is 0 Å². The van der Waals surface area contributed by atoms with Gasteiger partial charge in [0.15, 0.2) is 8.32 Å². The van der Waals surface area contributed by atoms with E-state index in [1.165, 1.54) is 19.1 Å². The second kappa shape index (κ2) is 9.19. The highest BCUT2D eigenvalue weighted by Crippen LogP contribution is 2.36. The Kier molecular flexibility index (Phi) is 8.79. The number of hydrogen-bond acceptors (Lipinski definition) is 5. The molecule has 0 N–H and O–H groups in total. The highest BCUT2D eigenvalue weighted by molar-refractivity contribution is 6.74. The first-order valence-electron chi connectivity index (χ1n) is 8.96. The molecule has 0 heterocycles. The van der Waals surface area contributed by atoms with Gasteiger partial charge in [0, 0.05) is 7.05 Å². The van der Waals surface area contributed by atoms with Crippen molar-refractivity contribution in [1.29, 1.82) is 0 Å². The van der Waals surface area contributed by atoms with Crippen LogP contribution in [0, 0.1) is 0 Å². The van der Waals surface area contributed by atoms with Crippen LogP contribution in [0.15, 0.2) is 0 Å². The van der Waals surface area contributed by atoms with E-state index >= 15 is 0 Å². The zero-order valence-electron chi connectivity index (χ0n) is 18.4. The lowest BCUT2D eigenvalue weighted by molar-refractivity contribution is -0.170. The molecule has 8 heteroatoms. The van der Waals surface area contributed by atoms with Crippen LogP contribution in [-0.2, 0) is 18.8 Å². The van der Waals surface area contributed by atoms with E-state index in [1.807, 2.05) is 6.92 Å². The average Bonchev–Trinajstić information content (AvgIpc) is 2.46. The lowest BCUT2D eigenvalue weighted by Crippen LogP contribution is -2.51. The number of carbonyl (C=O) groups excluding carboxylic acids is 2. The van der Waals surface area contributed by atoms with Crippen LogP contribution in [0.5, 0.6) is 0 Å². The van der Waals surface area contributed by atoms with Crippen molar-refractivity contribution in [3.05, 3.63) is 0 Å². The molecule has 26 heavy (non-hydrogen) atoms. The zero-order valence-corrected chi connectivity index (χ0v) is 19.4. The van der Waals surface area contributed by atoms with Crippen molar-refractivity contribution in [3.63, 3.8) is 0 Å². The minimum absolute atomic E-state index is 0.0650. The zero-order chi connectivity index (χ0) is 20.9. The number of rotatable bonds is 7. The van der Waals surface area contributed by atoms with E-state index in [2.05, 4.69) is 33.9 Å². The minimum atomic E-state index is -1.96. The van der Waals surface area contributed by atoms with Gasteiger partial charge in [-0.05, 0) is 45.8 Å². The van der Waals surface area contributed by atoms with Crippen LogP contribution in [0.4, 0.5) is 4.79 Å². The van der Waals surface area contributed by atoms with Crippen molar-refractivity contribution in [3.8, 4) is 0 Å². The monoisotopic (exact) mass is 390 g/mol. The molecule has 0 radical (unpaired) electrons. The Bertz CT molecular complexity index is 483. The highest BCUT2D eigenvalue weighted by atomic mass is 28.4. The van der Waals surface area contributed by atoms with E-state index < -0.39 is 20.0 Å². The fourth-order valence-corrected chi connectivity index (χ4v) is 2.79. The second-order valence-electron chi connectivity index (χ2n) is 9.10. The maximum atomic E-state index is 12.6. The number of hydrogen-bond donors (Lipinski definition) is 0. The highest BCUT2D eigenvalue weighted by Gasteiger charge is 2.38. The van der Waals surface area contributed by atoms with Gasteiger partial charge in [0.05, 0.1) is 19.8 Å². The normalized spacial score (nSPS) is 14.0. The second-order valence-corrected chi connectivity index (χ2v) is 13.9. The van der Waals surface area contributed by atoms with Gasteiger partial charge in [0.2, 0.25) is 0 Å². The number of ether oxygens (including phenoxy) is 1. The Labute approximate surface area is 160 Å². The first-order valence-corrected chi connectivity index (χ1v) is 11.9. The third-order valence-electron chi connectivity index (χ3n) is 4.58. The molecule has 7 nitrogen and oxygen atoms in total. The van der Waals surface area contributed by atoms with Crippen LogP contribution in [-0.4, -0.2) is 69.2 Å². The molecule has 0 aliphatic carbocycles. The maximum Gasteiger partial charge on any atom is 0.411 e. The number of carbonyl (C=O) groups is 2. The van der Waals surface area contributed by atoms with Crippen molar-refractivity contribution in [2.45, 2.75) is 78.2 Å². The predicted octanol–water partition coefficient (Wildman–Crippen LogP) is 3.65. The summed E-state index contributed by atoms with van der Waals surface area (Å²) in [6, 6.07) is -0.312. The molecule has 0 aliphatic heterocycles. The summed E-state index contributed by atoms with van der Waals surface area (Å²) in [5.41, 5.74) is -0.647. The predicted molar refractivity (Wildman–Crippen MR) is 105 cm³/mol. The van der Waals surface area contributed by atoms with E-state index in [1.54, 1.807) is 20.8 Å². The molecule has 0 saturated heterocycles. The Morgan fingerprint density at radius 3 is 1.96 bits per heavy atom. The molecule has 0 fully saturated rings. The third-order valence-corrected chi connectivity index (χ3v) is 9.08. The van der Waals surface area contributed by atoms with Crippen LogP contribution in [0.1, 0.15) is 48.5 Å². The summed E-state index contributed by atoms with van der Waals surface area (Å²) < 4.78 is 11.7. The van der Waals surface area contributed by atoms with Crippen LogP contribution in [0.2, 0.25) is 18.1 Å². The molecule has 0 aliphatic rings. The summed E-state index contributed by atoms with van der Waals surface area (Å²) in [6.45, 7) is 18.2. The van der Waals surface area contributed by atoms with Gasteiger partial charge >= 0.3 is 6.09 Å². The first-order chi connectivity index (χ1) is 11.5. The van der Waals surface area contributed by atoms with Crippen molar-refractivity contribution in [2.75, 3.05) is 27.3 Å². The first kappa shape index (κ1) is 24.9. The summed E-state index contributed by atoms with van der Waals surface area (Å²) in [6.07, 6.45) is -0.540. The fraction of sp³-hybridized carbons (Fsp3) is 0.889. The van der Waals surface area contributed by atoms with Gasteiger partial charge in [-0.15, -0.1) is 0 Å². The summed E-state index contributed by atoms with van der Waals surface area (Å²) in [5, 5.41) is 1.16. The Balaban J connectivity index is 5.25. The SMILES string of the molecule is CON(C)C(=O)CN(C(=O)OC(C)(C)C)[C@@H](C)CO[Si](C)(C)C(C)(C)C. The largest absolute Gasteiger partial charge is 0.444 e. The van der Waals surface area contributed by atoms with Gasteiger partial charge < -0.3 is 9.16 Å². The summed E-state index contributed by atoms with van der Waals surface area (Å²) in [5.74, 6) is -0.336. The van der Waals surface area contributed by atoms with Gasteiger partial charge in [0.1, 0.15) is 12.1 Å². The van der Waals surface area contributed by atoms with Gasteiger partial charge in [-0.3, -0.25) is 14.5 Å². The number of amides is 2. The Morgan fingerprint density at radius 2 is 1.58 bits per heavy atom. The molecule has 0 spiro atoms. The van der Waals surface area contributed by atoms with Crippen molar-refractivity contribution in [1.82, 2.24) is 9.96 Å². The van der Waals surface area contributed by atoms with Crippen LogP contribution in [0.3, 0.4) is 0 Å². The molecule has 0 aromatic carbocycles. The molecule has 1 atom stereocenters. The average molecular weight is 391 g/mol. The minimum Gasteiger partial charge on any atom is -0.444 e. The van der Waals surface area contributed by atoms with E-state index in [4.69, 9.17) is 14.0 Å². The van der Waals surface area contributed by atoms with E-state index in [0.717, 1.165) is 5.06 Å². The molecular weight excluding hydrogens is 352 g/mol. The van der Waals surface area contributed by atoms with Crippen molar-refractivity contribution in [2.24, 2.45) is 0 Å². The molecule has 0 unspecified atom stereocenters. The summed E-state index contributed by atoms with van der Waals surface area (Å²) in [7, 11) is 0.946. The maximum absolute atomic E-state index is 12.6. The molecule has 0 aromatic rings. The molecular formula is C18H38N2O5Si. The van der Waals surface area contributed by atoms with Gasteiger partial charge in [-0.2, -0.15) is 0 Å². The number of likely N-dealkylation sites (N-methyl/N-ethyl adjacent to an activating group) is 1. The molecule has 0 aromatic heterocycles. The summed E-state index contributed by atoms with van der Waals surface area (Å²) in [4.78, 5) is 31.2. The quantitative estimate of drug-likeness (QED) is 0.490. The molecule has 2 amide bonds. The molecule has 0 bridgehead atoms. The van der Waals surface area contributed by atoms with Crippen LogP contribution in [0.25, 0.3) is 0 Å². The Hall–Kier alpha value is -1.12. The standard InChI is InChI=1S/C18H38N2O5Si/c1-14(13-24-26(10,11)18(5,6)7)20(12-15(21)19(8)23-9)16(22)25-17(2,3)4/h14H,12-13H2,1-11H3/t14-/m0/s1.